The van der Waals surface area contributed by atoms with Crippen LogP contribution in [0.15, 0.2) is 66.7 Å². The highest BCUT2D eigenvalue weighted by molar-refractivity contribution is 6.62. The van der Waals surface area contributed by atoms with E-state index in [1.807, 2.05) is 0 Å². The normalized spacial score (nSPS) is 17.5. The summed E-state index contributed by atoms with van der Waals surface area (Å²) in [5.74, 6) is 0. The van der Waals surface area contributed by atoms with E-state index >= 15 is 0 Å². The Morgan fingerprint density at radius 3 is 1.74 bits per heavy atom. The molecule has 1 aliphatic heterocycles. The van der Waals surface area contributed by atoms with E-state index in [0.717, 1.165) is 5.46 Å². The van der Waals surface area contributed by atoms with Crippen LogP contribution in [0.25, 0.3) is 32.7 Å². The fraction of sp³-hybridized carbons (Fsp3) is 0.286. The highest BCUT2D eigenvalue weighted by Crippen LogP contribution is 2.40. The minimum atomic E-state index is -0.341. The van der Waals surface area contributed by atoms with Gasteiger partial charge in [0, 0.05) is 0 Å². The SMILES string of the molecule is Cc1cc(B2OC(C)(C)C(C)(C)O2)ccc1-c1c(C)c2ccccc2c2ccccc12. The lowest BCUT2D eigenvalue weighted by molar-refractivity contribution is 0.00578. The second kappa shape index (κ2) is 6.95. The van der Waals surface area contributed by atoms with Gasteiger partial charge in [0.05, 0.1) is 11.2 Å². The number of aryl methyl sites for hydroxylation is 2. The topological polar surface area (TPSA) is 18.5 Å². The molecule has 2 nitrogen and oxygen atoms in total. The van der Waals surface area contributed by atoms with E-state index in [2.05, 4.69) is 108 Å². The van der Waals surface area contributed by atoms with Crippen LogP contribution in [0.1, 0.15) is 38.8 Å². The van der Waals surface area contributed by atoms with E-state index in [-0.39, 0.29) is 18.3 Å². The molecule has 0 saturated carbocycles. The van der Waals surface area contributed by atoms with Crippen molar-refractivity contribution in [3.63, 3.8) is 0 Å². The maximum atomic E-state index is 6.28. The van der Waals surface area contributed by atoms with E-state index in [1.165, 1.54) is 43.8 Å². The average molecular weight is 408 g/mol. The summed E-state index contributed by atoms with van der Waals surface area (Å²) in [6.45, 7) is 12.8. The van der Waals surface area contributed by atoms with Gasteiger partial charge in [-0.25, -0.2) is 0 Å². The molecule has 0 bridgehead atoms. The van der Waals surface area contributed by atoms with Crippen molar-refractivity contribution in [3.05, 3.63) is 77.9 Å². The third-order valence-electron chi connectivity index (χ3n) is 7.24. The Kier molecular flexibility index (Phi) is 4.55. The van der Waals surface area contributed by atoms with Crippen LogP contribution in [0, 0.1) is 13.8 Å². The van der Waals surface area contributed by atoms with E-state index in [9.17, 15) is 0 Å². The maximum Gasteiger partial charge on any atom is 0.494 e. The molecule has 3 heteroatoms. The summed E-state index contributed by atoms with van der Waals surface area (Å²) in [5.41, 5.74) is 5.52. The fourth-order valence-electron chi connectivity index (χ4n) is 4.76. The fourth-order valence-corrected chi connectivity index (χ4v) is 4.76. The minimum Gasteiger partial charge on any atom is -0.399 e. The van der Waals surface area contributed by atoms with Crippen LogP contribution in [0.2, 0.25) is 0 Å². The molecule has 0 spiro atoms. The van der Waals surface area contributed by atoms with Crippen molar-refractivity contribution in [2.24, 2.45) is 0 Å². The summed E-state index contributed by atoms with van der Waals surface area (Å²) in [5, 5.41) is 5.22. The standard InChI is InChI=1S/C28H29BO2/c1-18-17-20(29-30-27(3,4)28(5,6)31-29)15-16-21(18)26-19(2)22-11-7-8-12-23(22)24-13-9-10-14-25(24)26/h7-17H,1-6H3. The maximum absolute atomic E-state index is 6.28. The first-order valence-corrected chi connectivity index (χ1v) is 11.1. The summed E-state index contributed by atoms with van der Waals surface area (Å²) in [6, 6.07) is 24.1. The third kappa shape index (κ3) is 3.11. The van der Waals surface area contributed by atoms with Crippen molar-refractivity contribution in [2.45, 2.75) is 52.7 Å². The number of benzene rings is 4. The average Bonchev–Trinajstić information content (AvgIpc) is 2.96. The van der Waals surface area contributed by atoms with Crippen molar-refractivity contribution in [1.82, 2.24) is 0 Å². The van der Waals surface area contributed by atoms with Crippen LogP contribution in [0.5, 0.6) is 0 Å². The molecule has 0 unspecified atom stereocenters. The van der Waals surface area contributed by atoms with Crippen LogP contribution in [0.4, 0.5) is 0 Å². The van der Waals surface area contributed by atoms with Crippen molar-refractivity contribution in [1.29, 1.82) is 0 Å². The molecule has 1 aliphatic rings. The highest BCUT2D eigenvalue weighted by Gasteiger charge is 2.51. The molecule has 4 aromatic carbocycles. The first-order chi connectivity index (χ1) is 14.7. The molecule has 31 heavy (non-hydrogen) atoms. The van der Waals surface area contributed by atoms with Gasteiger partial charge in [-0.3, -0.25) is 0 Å². The summed E-state index contributed by atoms with van der Waals surface area (Å²) >= 11 is 0. The molecule has 0 amide bonds. The molecule has 0 N–H and O–H groups in total. The van der Waals surface area contributed by atoms with E-state index in [0.29, 0.717) is 0 Å². The van der Waals surface area contributed by atoms with Crippen molar-refractivity contribution in [2.75, 3.05) is 0 Å². The van der Waals surface area contributed by atoms with Crippen molar-refractivity contribution < 1.29 is 9.31 Å². The van der Waals surface area contributed by atoms with Crippen molar-refractivity contribution in [3.8, 4) is 11.1 Å². The first kappa shape index (κ1) is 20.3. The lowest BCUT2D eigenvalue weighted by Gasteiger charge is -2.32. The second-order valence-corrected chi connectivity index (χ2v) is 9.75. The molecular weight excluding hydrogens is 379 g/mol. The van der Waals surface area contributed by atoms with E-state index < -0.39 is 0 Å². The van der Waals surface area contributed by atoms with Crippen LogP contribution in [0.3, 0.4) is 0 Å². The Hall–Kier alpha value is -2.62. The predicted molar refractivity (Wildman–Crippen MR) is 132 cm³/mol. The van der Waals surface area contributed by atoms with Crippen LogP contribution < -0.4 is 5.46 Å². The van der Waals surface area contributed by atoms with Gasteiger partial charge in [-0.2, -0.15) is 0 Å². The summed E-state index contributed by atoms with van der Waals surface area (Å²) in [6.07, 6.45) is 0. The van der Waals surface area contributed by atoms with Gasteiger partial charge in [0.15, 0.2) is 0 Å². The Morgan fingerprint density at radius 2 is 1.16 bits per heavy atom. The Balaban J connectivity index is 1.67. The van der Waals surface area contributed by atoms with Gasteiger partial charge >= 0.3 is 7.12 Å². The van der Waals surface area contributed by atoms with Gasteiger partial charge < -0.3 is 9.31 Å². The largest absolute Gasteiger partial charge is 0.494 e. The van der Waals surface area contributed by atoms with Crippen LogP contribution in [-0.2, 0) is 9.31 Å². The van der Waals surface area contributed by atoms with Gasteiger partial charge in [0.1, 0.15) is 0 Å². The lowest BCUT2D eigenvalue weighted by atomic mass is 9.76. The Bertz CT molecular complexity index is 1300. The number of hydrogen-bond acceptors (Lipinski definition) is 2. The zero-order chi connectivity index (χ0) is 22.0. The molecule has 0 radical (unpaired) electrons. The molecule has 1 saturated heterocycles. The number of fused-ring (bicyclic) bond motifs is 3. The van der Waals surface area contributed by atoms with Gasteiger partial charge in [-0.1, -0.05) is 66.7 Å². The quantitative estimate of drug-likeness (QED) is 0.276. The molecule has 156 valence electrons. The van der Waals surface area contributed by atoms with Gasteiger partial charge in [0.25, 0.3) is 0 Å². The minimum absolute atomic E-state index is 0.338. The molecular formula is C28H29BO2. The van der Waals surface area contributed by atoms with Gasteiger partial charge in [0.2, 0.25) is 0 Å². The zero-order valence-electron chi connectivity index (χ0n) is 19.2. The predicted octanol–water partition coefficient (Wildman–Crippen LogP) is 6.58. The Morgan fingerprint density at radius 1 is 0.645 bits per heavy atom. The number of rotatable bonds is 2. The Labute approximate surface area is 185 Å². The lowest BCUT2D eigenvalue weighted by Crippen LogP contribution is -2.41. The van der Waals surface area contributed by atoms with Gasteiger partial charge in [-0.15, -0.1) is 0 Å². The molecule has 5 rings (SSSR count). The molecule has 1 fully saturated rings. The smallest absolute Gasteiger partial charge is 0.399 e. The molecule has 1 heterocycles. The highest BCUT2D eigenvalue weighted by atomic mass is 16.7. The molecule has 0 aliphatic carbocycles. The number of hydrogen-bond donors (Lipinski definition) is 0. The van der Waals surface area contributed by atoms with E-state index in [1.54, 1.807) is 0 Å². The molecule has 4 aromatic rings. The molecule has 0 atom stereocenters. The first-order valence-electron chi connectivity index (χ1n) is 11.1. The zero-order valence-corrected chi connectivity index (χ0v) is 19.2. The van der Waals surface area contributed by atoms with Crippen LogP contribution in [-0.4, -0.2) is 18.3 Å². The third-order valence-corrected chi connectivity index (χ3v) is 7.24. The monoisotopic (exact) mass is 408 g/mol. The summed E-state index contributed by atoms with van der Waals surface area (Å²) in [4.78, 5) is 0. The summed E-state index contributed by atoms with van der Waals surface area (Å²) in [7, 11) is -0.341. The molecule has 0 aromatic heterocycles. The van der Waals surface area contributed by atoms with Crippen LogP contribution >= 0.6 is 0 Å². The van der Waals surface area contributed by atoms with Crippen molar-refractivity contribution >= 4 is 34.1 Å². The second-order valence-electron chi connectivity index (χ2n) is 9.75. The summed E-state index contributed by atoms with van der Waals surface area (Å²) < 4.78 is 12.6. The van der Waals surface area contributed by atoms with Gasteiger partial charge in [-0.05, 0) is 90.8 Å². The van der Waals surface area contributed by atoms with E-state index in [4.69, 9.17) is 9.31 Å².